The molecule has 2 aromatic rings. The van der Waals surface area contributed by atoms with Gasteiger partial charge in [0.2, 0.25) is 0 Å². The Bertz CT molecular complexity index is 1320. The molecule has 3 rings (SSSR count). The molecule has 160 valence electrons. The molecule has 4 nitrogen and oxygen atoms in total. The Morgan fingerprint density at radius 3 is 2.16 bits per heavy atom. The number of benzene rings is 2. The lowest BCUT2D eigenvalue weighted by Crippen LogP contribution is -2.30. The van der Waals surface area contributed by atoms with Crippen molar-refractivity contribution in [3.63, 3.8) is 0 Å². The predicted molar refractivity (Wildman–Crippen MR) is 121 cm³/mol. The van der Waals surface area contributed by atoms with Crippen molar-refractivity contribution >= 4 is 66.8 Å². The number of hydrogen-bond donors (Lipinski definition) is 1. The van der Waals surface area contributed by atoms with Crippen LogP contribution in [0.3, 0.4) is 0 Å². The lowest BCUT2D eigenvalue weighted by atomic mass is 9.99. The van der Waals surface area contributed by atoms with Crippen LogP contribution in [-0.4, -0.2) is 26.8 Å². The van der Waals surface area contributed by atoms with E-state index in [2.05, 4.69) is 11.5 Å². The monoisotopic (exact) mass is 577 g/mol. The minimum Gasteiger partial charge on any atom is -0.317 e. The summed E-state index contributed by atoms with van der Waals surface area (Å²) in [5.74, 6) is -2.08. The van der Waals surface area contributed by atoms with Gasteiger partial charge in [-0.3, -0.25) is 4.79 Å². The molecule has 0 radical (unpaired) electrons. The highest BCUT2D eigenvalue weighted by molar-refractivity contribution is 14.1. The maximum absolute atomic E-state index is 12.5. The zero-order valence-corrected chi connectivity index (χ0v) is 19.4. The summed E-state index contributed by atoms with van der Waals surface area (Å²) in [5.41, 5.74) is 8.33. The zero-order valence-electron chi connectivity index (χ0n) is 15.6. The standard InChI is InChI=1S/C21H12ClF3INO3S/c1-31(29,30)15-8-6-13(7-9-15)12-2-4-14(5-3-12)16-10-18(26)19(11-17(16)22)27-20(28)21(23,24)25/h2,4,6-11H,1H3,(H,27,28). The van der Waals surface area contributed by atoms with Gasteiger partial charge in [-0.05, 0) is 64.6 Å². The van der Waals surface area contributed by atoms with E-state index in [-0.39, 0.29) is 15.6 Å². The largest absolute Gasteiger partial charge is 0.471 e. The summed E-state index contributed by atoms with van der Waals surface area (Å²) in [6.07, 6.45) is -0.431. The van der Waals surface area contributed by atoms with Crippen molar-refractivity contribution in [2.75, 3.05) is 11.6 Å². The molecule has 1 amide bonds. The Labute approximate surface area is 194 Å². The van der Waals surface area contributed by atoms with Crippen LogP contribution < -0.4 is 5.32 Å². The fourth-order valence-electron chi connectivity index (χ4n) is 2.63. The summed E-state index contributed by atoms with van der Waals surface area (Å²) in [6.45, 7) is 0. The van der Waals surface area contributed by atoms with Gasteiger partial charge in [-0.1, -0.05) is 35.2 Å². The molecular weight excluding hydrogens is 566 g/mol. The van der Waals surface area contributed by atoms with Gasteiger partial charge in [0.25, 0.3) is 0 Å². The Morgan fingerprint density at radius 2 is 1.65 bits per heavy atom. The maximum Gasteiger partial charge on any atom is 0.471 e. The van der Waals surface area contributed by atoms with E-state index >= 15 is 0 Å². The van der Waals surface area contributed by atoms with E-state index in [1.165, 1.54) is 24.3 Å². The lowest BCUT2D eigenvalue weighted by molar-refractivity contribution is -0.167. The third-order valence-corrected chi connectivity index (χ3v) is 6.53. The summed E-state index contributed by atoms with van der Waals surface area (Å²) < 4.78 is 60.9. The van der Waals surface area contributed by atoms with Gasteiger partial charge in [-0.25, -0.2) is 8.42 Å². The third kappa shape index (κ3) is 5.50. The number of allylic oxidation sites excluding steroid dienone is 4. The van der Waals surface area contributed by atoms with Crippen molar-refractivity contribution < 1.29 is 26.4 Å². The molecule has 0 saturated heterocycles. The smallest absolute Gasteiger partial charge is 0.317 e. The van der Waals surface area contributed by atoms with Crippen LogP contribution in [0, 0.1) is 3.57 Å². The quantitative estimate of drug-likeness (QED) is 0.378. The lowest BCUT2D eigenvalue weighted by Gasteiger charge is -2.13. The number of nitrogens with one attached hydrogen (secondary N) is 1. The second-order valence-electron chi connectivity index (χ2n) is 6.47. The van der Waals surface area contributed by atoms with Gasteiger partial charge in [0.1, 0.15) is 0 Å². The van der Waals surface area contributed by atoms with Gasteiger partial charge in [0.15, 0.2) is 9.84 Å². The number of alkyl halides is 3. The molecule has 1 aliphatic rings. The molecule has 0 aliphatic heterocycles. The van der Waals surface area contributed by atoms with Gasteiger partial charge < -0.3 is 5.32 Å². The number of sulfone groups is 1. The van der Waals surface area contributed by atoms with E-state index in [0.29, 0.717) is 20.3 Å². The fourth-order valence-corrected chi connectivity index (χ4v) is 4.13. The molecule has 1 N–H and O–H groups in total. The second kappa shape index (κ2) is 8.68. The van der Waals surface area contributed by atoms with E-state index in [1.807, 2.05) is 0 Å². The summed E-state index contributed by atoms with van der Waals surface area (Å²) in [7, 11) is -3.29. The average molecular weight is 578 g/mol. The van der Waals surface area contributed by atoms with Crippen LogP contribution in [0.25, 0.3) is 11.1 Å². The fraction of sp³-hybridized carbons (Fsp3) is 0.0952. The summed E-state index contributed by atoms with van der Waals surface area (Å²) in [4.78, 5) is 11.4. The van der Waals surface area contributed by atoms with Crippen molar-refractivity contribution in [2.24, 2.45) is 0 Å². The van der Waals surface area contributed by atoms with Crippen molar-refractivity contribution in [3.05, 3.63) is 79.7 Å². The SMILES string of the molecule is CS(=O)(=O)c1ccc(C2=C=C=C(c3cc(I)c(NC(=O)C(F)(F)F)cc3Cl)C=C2)cc1. The van der Waals surface area contributed by atoms with Gasteiger partial charge in [-0.15, -0.1) is 0 Å². The van der Waals surface area contributed by atoms with Gasteiger partial charge in [0, 0.05) is 26.5 Å². The minimum absolute atomic E-state index is 0.0526. The third-order valence-electron chi connectivity index (χ3n) is 4.19. The molecule has 0 bridgehead atoms. The number of carbonyl (C=O) groups excluding carboxylic acids is 1. The van der Waals surface area contributed by atoms with Crippen LogP contribution in [0.15, 0.2) is 64.9 Å². The highest BCUT2D eigenvalue weighted by Crippen LogP contribution is 2.33. The Morgan fingerprint density at radius 1 is 1.06 bits per heavy atom. The van der Waals surface area contributed by atoms with Crippen LogP contribution in [0.2, 0.25) is 5.02 Å². The number of hydrogen-bond acceptors (Lipinski definition) is 3. The van der Waals surface area contributed by atoms with Crippen molar-refractivity contribution in [2.45, 2.75) is 11.1 Å². The molecule has 10 heteroatoms. The summed E-state index contributed by atoms with van der Waals surface area (Å²) in [6, 6.07) is 9.09. The Kier molecular flexibility index (Phi) is 6.55. The first kappa shape index (κ1) is 23.4. The van der Waals surface area contributed by atoms with E-state index in [4.69, 9.17) is 11.6 Å². The molecule has 0 spiro atoms. The average Bonchev–Trinajstić information content (AvgIpc) is 2.69. The van der Waals surface area contributed by atoms with Crippen molar-refractivity contribution in [3.8, 4) is 0 Å². The van der Waals surface area contributed by atoms with E-state index < -0.39 is 21.9 Å². The number of anilines is 1. The molecule has 0 aromatic heterocycles. The normalized spacial score (nSPS) is 13.6. The number of halogens is 5. The summed E-state index contributed by atoms with van der Waals surface area (Å²) in [5, 5.41) is 1.93. The maximum atomic E-state index is 12.5. The van der Waals surface area contributed by atoms with Crippen molar-refractivity contribution in [1.82, 2.24) is 0 Å². The minimum atomic E-state index is -5.01. The highest BCUT2D eigenvalue weighted by Gasteiger charge is 2.39. The van der Waals surface area contributed by atoms with Crippen LogP contribution in [0.4, 0.5) is 18.9 Å². The molecule has 0 unspecified atom stereocenters. The first-order valence-corrected chi connectivity index (χ1v) is 11.8. The van der Waals surface area contributed by atoms with E-state index in [0.717, 1.165) is 11.8 Å². The van der Waals surface area contributed by atoms with Gasteiger partial charge in [-0.2, -0.15) is 13.2 Å². The first-order chi connectivity index (χ1) is 14.4. The second-order valence-corrected chi connectivity index (χ2v) is 10.1. The number of carbonyl (C=O) groups is 1. The van der Waals surface area contributed by atoms with Gasteiger partial charge in [0.05, 0.1) is 15.6 Å². The Hall–Kier alpha value is -2.29. The molecule has 31 heavy (non-hydrogen) atoms. The molecule has 0 saturated carbocycles. The van der Waals surface area contributed by atoms with E-state index in [9.17, 15) is 26.4 Å². The van der Waals surface area contributed by atoms with Crippen LogP contribution in [0.1, 0.15) is 11.1 Å². The number of rotatable bonds is 4. The molecule has 0 fully saturated rings. The van der Waals surface area contributed by atoms with E-state index in [1.54, 1.807) is 52.2 Å². The van der Waals surface area contributed by atoms with Gasteiger partial charge >= 0.3 is 12.1 Å². The summed E-state index contributed by atoms with van der Waals surface area (Å²) >= 11 is 8.03. The van der Waals surface area contributed by atoms with Crippen LogP contribution in [0.5, 0.6) is 0 Å². The molecule has 0 atom stereocenters. The Balaban J connectivity index is 1.95. The topological polar surface area (TPSA) is 63.2 Å². The molecule has 0 heterocycles. The van der Waals surface area contributed by atoms with Crippen LogP contribution >= 0.6 is 34.2 Å². The van der Waals surface area contributed by atoms with Crippen molar-refractivity contribution in [1.29, 1.82) is 0 Å². The molecular formula is C21H12ClF3INO3S. The molecule has 2 aromatic carbocycles. The predicted octanol–water partition coefficient (Wildman–Crippen LogP) is 5.64. The van der Waals surface area contributed by atoms with Crippen LogP contribution in [-0.2, 0) is 14.6 Å². The highest BCUT2D eigenvalue weighted by atomic mass is 127. The number of amides is 1. The molecule has 1 aliphatic carbocycles. The first-order valence-electron chi connectivity index (χ1n) is 8.48. The zero-order chi connectivity index (χ0) is 23.0.